The number of amides is 2. The van der Waals surface area contributed by atoms with Gasteiger partial charge in [-0.3, -0.25) is 9.59 Å². The van der Waals surface area contributed by atoms with Gasteiger partial charge in [0.25, 0.3) is 5.91 Å². The van der Waals surface area contributed by atoms with Crippen molar-refractivity contribution < 1.29 is 24.2 Å². The van der Waals surface area contributed by atoms with Crippen LogP contribution in [0.15, 0.2) is 42.5 Å². The molecule has 2 amide bonds. The lowest BCUT2D eigenvalue weighted by Gasteiger charge is -2.16. The number of benzene rings is 2. The van der Waals surface area contributed by atoms with E-state index in [9.17, 15) is 14.4 Å². The van der Waals surface area contributed by atoms with Crippen LogP contribution in [0.5, 0.6) is 5.75 Å². The van der Waals surface area contributed by atoms with Crippen LogP contribution >= 0.6 is 0 Å². The third-order valence-electron chi connectivity index (χ3n) is 3.84. The fourth-order valence-electron chi connectivity index (χ4n) is 2.56. The number of aliphatic carboxylic acids is 1. The predicted octanol–water partition coefficient (Wildman–Crippen LogP) is 2.52. The van der Waals surface area contributed by atoms with Gasteiger partial charge in [0, 0.05) is 11.3 Å². The summed E-state index contributed by atoms with van der Waals surface area (Å²) in [4.78, 5) is 35.3. The van der Waals surface area contributed by atoms with E-state index < -0.39 is 24.5 Å². The first-order valence-corrected chi connectivity index (χ1v) is 8.40. The molecule has 0 saturated carbocycles. The van der Waals surface area contributed by atoms with Gasteiger partial charge in [0.05, 0.1) is 0 Å². The number of hydrogen-bond acceptors (Lipinski definition) is 4. The molecule has 0 saturated heterocycles. The lowest BCUT2D eigenvalue weighted by atomic mass is 10.0. The number of carbonyl (C=O) groups excluding carboxylic acids is 2. The van der Waals surface area contributed by atoms with Crippen LogP contribution in [0.1, 0.15) is 28.4 Å². The van der Waals surface area contributed by atoms with Crippen molar-refractivity contribution in [1.29, 1.82) is 0 Å². The molecule has 27 heavy (non-hydrogen) atoms. The highest BCUT2D eigenvalue weighted by Gasteiger charge is 2.18. The zero-order valence-electron chi connectivity index (χ0n) is 15.4. The number of hydrogen-bond donors (Lipinski definition) is 3. The minimum absolute atomic E-state index is 0.329. The minimum atomic E-state index is -1.08. The molecule has 2 aromatic rings. The number of nitrogens with one attached hydrogen (secondary N) is 2. The molecule has 0 aliphatic rings. The molecule has 0 fully saturated rings. The summed E-state index contributed by atoms with van der Waals surface area (Å²) in [5.41, 5.74) is 2.30. The van der Waals surface area contributed by atoms with Crippen LogP contribution in [0, 0.1) is 13.8 Å². The molecule has 0 aliphatic carbocycles. The van der Waals surface area contributed by atoms with Crippen molar-refractivity contribution in [2.45, 2.75) is 26.8 Å². The Morgan fingerprint density at radius 3 is 2.22 bits per heavy atom. The molecule has 142 valence electrons. The van der Waals surface area contributed by atoms with Gasteiger partial charge in [0.15, 0.2) is 6.61 Å². The molecular formula is C20H22N2O5. The van der Waals surface area contributed by atoms with Crippen LogP contribution in [0.25, 0.3) is 0 Å². The summed E-state index contributed by atoms with van der Waals surface area (Å²) in [5, 5.41) is 14.1. The molecule has 0 aromatic heterocycles. The third-order valence-corrected chi connectivity index (χ3v) is 3.84. The lowest BCUT2D eigenvalue weighted by molar-refractivity contribution is -0.139. The maximum Gasteiger partial charge on any atom is 0.341 e. The molecule has 0 heterocycles. The largest absolute Gasteiger partial charge is 0.481 e. The monoisotopic (exact) mass is 370 g/mol. The number of aryl methyl sites for hydroxylation is 2. The second-order valence-electron chi connectivity index (χ2n) is 6.17. The van der Waals surface area contributed by atoms with Crippen LogP contribution in [-0.2, 0) is 9.59 Å². The van der Waals surface area contributed by atoms with Crippen LogP contribution in [0.4, 0.5) is 5.69 Å². The van der Waals surface area contributed by atoms with E-state index in [0.717, 1.165) is 0 Å². The zero-order chi connectivity index (χ0) is 20.0. The molecule has 2 rings (SSSR count). The van der Waals surface area contributed by atoms with Crippen LogP contribution in [-0.4, -0.2) is 35.5 Å². The molecule has 0 aliphatic heterocycles. The number of carbonyl (C=O) groups is 3. The van der Waals surface area contributed by atoms with Crippen LogP contribution in [0.2, 0.25) is 0 Å². The summed E-state index contributed by atoms with van der Waals surface area (Å²) in [7, 11) is 0. The first-order valence-electron chi connectivity index (χ1n) is 8.40. The Kier molecular flexibility index (Phi) is 6.54. The number of rotatable bonds is 7. The maximum atomic E-state index is 12.5. The van der Waals surface area contributed by atoms with Crippen LogP contribution < -0.4 is 15.4 Å². The predicted molar refractivity (Wildman–Crippen MR) is 101 cm³/mol. The van der Waals surface area contributed by atoms with E-state index in [-0.39, 0.29) is 5.91 Å². The summed E-state index contributed by atoms with van der Waals surface area (Å²) < 4.78 is 5.25. The quantitative estimate of drug-likeness (QED) is 0.695. The highest BCUT2D eigenvalue weighted by atomic mass is 16.5. The topological polar surface area (TPSA) is 105 Å². The van der Waals surface area contributed by atoms with E-state index in [1.165, 1.54) is 0 Å². The van der Waals surface area contributed by atoms with Crippen molar-refractivity contribution in [3.63, 3.8) is 0 Å². The normalized spacial score (nSPS) is 11.4. The SMILES string of the molecule is Cc1cc(C(=O)NC(C)C(=O)Nc2ccccc2)cc(C)c1OCC(=O)O. The van der Waals surface area contributed by atoms with Crippen molar-refractivity contribution in [3.05, 3.63) is 59.2 Å². The molecule has 7 nitrogen and oxygen atoms in total. The fraction of sp³-hybridized carbons (Fsp3) is 0.250. The lowest BCUT2D eigenvalue weighted by Crippen LogP contribution is -2.41. The Labute approximate surface area is 157 Å². The fourth-order valence-corrected chi connectivity index (χ4v) is 2.56. The average molecular weight is 370 g/mol. The van der Waals surface area contributed by atoms with Gasteiger partial charge in [0.1, 0.15) is 11.8 Å². The van der Waals surface area contributed by atoms with E-state index in [1.807, 2.05) is 6.07 Å². The van der Waals surface area contributed by atoms with Crippen LogP contribution in [0.3, 0.4) is 0 Å². The smallest absolute Gasteiger partial charge is 0.341 e. The summed E-state index contributed by atoms with van der Waals surface area (Å²) >= 11 is 0. The molecule has 0 spiro atoms. The first-order chi connectivity index (χ1) is 12.8. The Bertz CT molecular complexity index is 826. The Hall–Kier alpha value is -3.35. The molecule has 0 radical (unpaired) electrons. The van der Waals surface area contributed by atoms with E-state index in [1.54, 1.807) is 57.2 Å². The Morgan fingerprint density at radius 2 is 1.67 bits per heavy atom. The second kappa shape index (κ2) is 8.84. The summed E-state index contributed by atoms with van der Waals surface area (Å²) in [6, 6.07) is 11.4. The van der Waals surface area contributed by atoms with Gasteiger partial charge in [-0.15, -0.1) is 0 Å². The average Bonchev–Trinajstić information content (AvgIpc) is 2.61. The van der Waals surface area contributed by atoms with Crippen molar-refractivity contribution in [2.75, 3.05) is 11.9 Å². The van der Waals surface area contributed by atoms with Gasteiger partial charge in [-0.1, -0.05) is 18.2 Å². The van der Waals surface area contributed by atoms with E-state index in [4.69, 9.17) is 9.84 Å². The Morgan fingerprint density at radius 1 is 1.07 bits per heavy atom. The van der Waals surface area contributed by atoms with E-state index >= 15 is 0 Å². The number of anilines is 1. The minimum Gasteiger partial charge on any atom is -0.481 e. The molecule has 3 N–H and O–H groups in total. The van der Waals surface area contributed by atoms with Crippen molar-refractivity contribution in [2.24, 2.45) is 0 Å². The van der Waals surface area contributed by atoms with Crippen molar-refractivity contribution in [1.82, 2.24) is 5.32 Å². The van der Waals surface area contributed by atoms with Crippen molar-refractivity contribution in [3.8, 4) is 5.75 Å². The summed E-state index contributed by atoms with van der Waals surface area (Å²) in [5.74, 6) is -1.37. The van der Waals surface area contributed by atoms with Gasteiger partial charge in [-0.2, -0.15) is 0 Å². The van der Waals surface area contributed by atoms with Crippen molar-refractivity contribution >= 4 is 23.5 Å². The molecule has 0 bridgehead atoms. The second-order valence-corrected chi connectivity index (χ2v) is 6.17. The molecule has 1 atom stereocenters. The third kappa shape index (κ3) is 5.57. The van der Waals surface area contributed by atoms with Gasteiger partial charge >= 0.3 is 5.97 Å². The number of carboxylic acid groups (broad SMARTS) is 1. The highest BCUT2D eigenvalue weighted by Crippen LogP contribution is 2.25. The van der Waals surface area contributed by atoms with Gasteiger partial charge in [-0.05, 0) is 56.2 Å². The zero-order valence-corrected chi connectivity index (χ0v) is 15.4. The number of ether oxygens (including phenoxy) is 1. The van der Waals surface area contributed by atoms with Gasteiger partial charge in [-0.25, -0.2) is 4.79 Å². The van der Waals surface area contributed by atoms with Gasteiger partial charge in [0.2, 0.25) is 5.91 Å². The van der Waals surface area contributed by atoms with Gasteiger partial charge < -0.3 is 20.5 Å². The maximum absolute atomic E-state index is 12.5. The summed E-state index contributed by atoms with van der Waals surface area (Å²) in [6.45, 7) is 4.60. The van der Waals surface area contributed by atoms with E-state index in [0.29, 0.717) is 28.1 Å². The van der Waals surface area contributed by atoms with E-state index in [2.05, 4.69) is 10.6 Å². The Balaban J connectivity index is 2.04. The number of para-hydroxylation sites is 1. The number of carboxylic acids is 1. The molecule has 2 aromatic carbocycles. The summed E-state index contributed by atoms with van der Waals surface area (Å²) in [6.07, 6.45) is 0. The standard InChI is InChI=1S/C20H22N2O5/c1-12-9-15(10-13(2)18(12)27-11-17(23)24)20(26)21-14(3)19(25)22-16-7-5-4-6-8-16/h4-10,14H,11H2,1-3H3,(H,21,26)(H,22,25)(H,23,24). The molecule has 1 unspecified atom stereocenters. The highest BCUT2D eigenvalue weighted by molar-refractivity contribution is 6.01. The first kappa shape index (κ1) is 20.0. The molecular weight excluding hydrogens is 348 g/mol. The molecule has 7 heteroatoms.